The van der Waals surface area contributed by atoms with Crippen molar-refractivity contribution >= 4 is 33.3 Å². The fraction of sp³-hybridized carbons (Fsp3) is 0.364. The van der Waals surface area contributed by atoms with E-state index in [-0.39, 0.29) is 0 Å². The Balaban J connectivity index is 2.06. The second kappa shape index (κ2) is 4.99. The van der Waals surface area contributed by atoms with Crippen LogP contribution in [0, 0.1) is 0 Å². The van der Waals surface area contributed by atoms with Crippen molar-refractivity contribution in [3.8, 4) is 0 Å². The van der Waals surface area contributed by atoms with E-state index in [0.29, 0.717) is 11.1 Å². The minimum atomic E-state index is 0.486. The molecule has 2 nitrogen and oxygen atoms in total. The van der Waals surface area contributed by atoms with Gasteiger partial charge in [0.05, 0.1) is 9.50 Å². The predicted octanol–water partition coefficient (Wildman–Crippen LogP) is 4.02. The first-order valence-electron chi connectivity index (χ1n) is 4.98. The Morgan fingerprint density at radius 2 is 2.33 bits per heavy atom. The fourth-order valence-electron chi connectivity index (χ4n) is 1.64. The van der Waals surface area contributed by atoms with Crippen LogP contribution >= 0.6 is 27.5 Å². The summed E-state index contributed by atoms with van der Waals surface area (Å²) in [7, 11) is 0. The Kier molecular flexibility index (Phi) is 3.65. The number of pyridine rings is 1. The molecule has 4 heteroatoms. The summed E-state index contributed by atoms with van der Waals surface area (Å²) in [6, 6.07) is 2.34. The molecule has 0 aromatic carbocycles. The molecule has 0 bridgehead atoms. The number of nitrogens with zero attached hydrogens (tertiary/aromatic N) is 1. The summed E-state index contributed by atoms with van der Waals surface area (Å²) in [5, 5.41) is 4.06. The first-order valence-corrected chi connectivity index (χ1v) is 6.15. The fourth-order valence-corrected chi connectivity index (χ4v) is 2.39. The molecular weight excluding hydrogens is 275 g/mol. The van der Waals surface area contributed by atoms with Crippen molar-refractivity contribution in [3.63, 3.8) is 0 Å². The van der Waals surface area contributed by atoms with Gasteiger partial charge < -0.3 is 5.32 Å². The van der Waals surface area contributed by atoms with Gasteiger partial charge in [0.2, 0.25) is 0 Å². The third-order valence-electron chi connectivity index (χ3n) is 2.42. The number of allylic oxidation sites excluding steroid dienone is 1. The summed E-state index contributed by atoms with van der Waals surface area (Å²) >= 11 is 9.27. The number of hydrogen-bond acceptors (Lipinski definition) is 2. The largest absolute Gasteiger partial charge is 0.366 e. The topological polar surface area (TPSA) is 24.9 Å². The van der Waals surface area contributed by atoms with E-state index in [1.807, 2.05) is 6.07 Å². The van der Waals surface area contributed by atoms with Gasteiger partial charge in [-0.3, -0.25) is 0 Å². The predicted molar refractivity (Wildman–Crippen MR) is 67.3 cm³/mol. The van der Waals surface area contributed by atoms with Gasteiger partial charge in [-0.25, -0.2) is 4.98 Å². The zero-order valence-corrected chi connectivity index (χ0v) is 10.6. The molecule has 1 N–H and O–H groups in total. The lowest BCUT2D eigenvalue weighted by Gasteiger charge is -2.20. The standard InChI is InChI=1S/C11H12BrClN2/c12-10-6-8(13)7-14-11(10)15-9-4-2-1-3-5-9/h1-2,6-7,9H,3-5H2,(H,14,15). The summed E-state index contributed by atoms with van der Waals surface area (Å²) in [6.45, 7) is 0. The minimum absolute atomic E-state index is 0.486. The Hall–Kier alpha value is -0.540. The molecule has 1 aromatic heterocycles. The Morgan fingerprint density at radius 1 is 1.47 bits per heavy atom. The molecule has 0 aliphatic heterocycles. The summed E-state index contributed by atoms with van der Waals surface area (Å²) in [5.74, 6) is 0.875. The molecular formula is C11H12BrClN2. The molecule has 0 spiro atoms. The second-order valence-electron chi connectivity index (χ2n) is 3.61. The van der Waals surface area contributed by atoms with E-state index in [2.05, 4.69) is 38.4 Å². The van der Waals surface area contributed by atoms with Gasteiger partial charge >= 0.3 is 0 Å². The Bertz CT molecular complexity index is 379. The molecule has 0 radical (unpaired) electrons. The minimum Gasteiger partial charge on any atom is -0.366 e. The lowest BCUT2D eigenvalue weighted by atomic mass is 10.0. The molecule has 1 aliphatic rings. The van der Waals surface area contributed by atoms with Gasteiger partial charge in [0, 0.05) is 12.2 Å². The molecule has 1 atom stereocenters. The van der Waals surface area contributed by atoms with Gasteiger partial charge in [0.15, 0.2) is 0 Å². The van der Waals surface area contributed by atoms with Crippen LogP contribution in [0.25, 0.3) is 0 Å². The van der Waals surface area contributed by atoms with E-state index >= 15 is 0 Å². The summed E-state index contributed by atoms with van der Waals surface area (Å²) in [6.07, 6.45) is 9.47. The molecule has 0 fully saturated rings. The van der Waals surface area contributed by atoms with Crippen LogP contribution in [-0.2, 0) is 0 Å². The molecule has 1 heterocycles. The highest BCUT2D eigenvalue weighted by atomic mass is 79.9. The van der Waals surface area contributed by atoms with Gasteiger partial charge in [-0.15, -0.1) is 0 Å². The van der Waals surface area contributed by atoms with Gasteiger partial charge in [-0.05, 0) is 41.3 Å². The molecule has 2 rings (SSSR count). The highest BCUT2D eigenvalue weighted by Crippen LogP contribution is 2.25. The summed E-state index contributed by atoms with van der Waals surface area (Å²) < 4.78 is 0.921. The average molecular weight is 288 g/mol. The normalized spacial score (nSPS) is 20.3. The molecule has 0 amide bonds. The molecule has 1 aliphatic carbocycles. The average Bonchev–Trinajstić information content (AvgIpc) is 2.24. The van der Waals surface area contributed by atoms with Crippen molar-refractivity contribution in [1.82, 2.24) is 4.98 Å². The quantitative estimate of drug-likeness (QED) is 0.831. The maximum absolute atomic E-state index is 5.83. The van der Waals surface area contributed by atoms with Gasteiger partial charge in [0.1, 0.15) is 5.82 Å². The molecule has 15 heavy (non-hydrogen) atoms. The third kappa shape index (κ3) is 2.95. The zero-order chi connectivity index (χ0) is 10.7. The van der Waals surface area contributed by atoms with Crippen LogP contribution in [0.3, 0.4) is 0 Å². The van der Waals surface area contributed by atoms with Crippen LogP contribution in [0.2, 0.25) is 5.02 Å². The van der Waals surface area contributed by atoms with Crippen LogP contribution in [0.1, 0.15) is 19.3 Å². The van der Waals surface area contributed by atoms with Crippen molar-refractivity contribution in [2.75, 3.05) is 5.32 Å². The number of hydrogen-bond donors (Lipinski definition) is 1. The maximum Gasteiger partial charge on any atom is 0.140 e. The van der Waals surface area contributed by atoms with Gasteiger partial charge in [-0.1, -0.05) is 23.8 Å². The second-order valence-corrected chi connectivity index (χ2v) is 4.90. The Labute approximate surface area is 103 Å². The van der Waals surface area contributed by atoms with Crippen molar-refractivity contribution in [3.05, 3.63) is 33.9 Å². The monoisotopic (exact) mass is 286 g/mol. The van der Waals surface area contributed by atoms with E-state index in [0.717, 1.165) is 29.6 Å². The van der Waals surface area contributed by atoms with E-state index in [1.54, 1.807) is 6.20 Å². The first-order chi connectivity index (χ1) is 7.25. The Morgan fingerprint density at radius 3 is 3.00 bits per heavy atom. The number of anilines is 1. The first kappa shape index (κ1) is 11.0. The molecule has 0 saturated heterocycles. The van der Waals surface area contributed by atoms with Crippen LogP contribution in [0.15, 0.2) is 28.9 Å². The van der Waals surface area contributed by atoms with Crippen LogP contribution in [0.5, 0.6) is 0 Å². The zero-order valence-electron chi connectivity index (χ0n) is 8.21. The number of halogens is 2. The molecule has 0 saturated carbocycles. The van der Waals surface area contributed by atoms with E-state index in [9.17, 15) is 0 Å². The number of aromatic nitrogens is 1. The lowest BCUT2D eigenvalue weighted by Crippen LogP contribution is -2.21. The highest BCUT2D eigenvalue weighted by molar-refractivity contribution is 9.10. The summed E-state index contributed by atoms with van der Waals surface area (Å²) in [5.41, 5.74) is 0. The molecule has 1 unspecified atom stereocenters. The van der Waals surface area contributed by atoms with Crippen molar-refractivity contribution < 1.29 is 0 Å². The third-order valence-corrected chi connectivity index (χ3v) is 3.23. The smallest absolute Gasteiger partial charge is 0.140 e. The van der Waals surface area contributed by atoms with Crippen molar-refractivity contribution in [1.29, 1.82) is 0 Å². The van der Waals surface area contributed by atoms with Crippen LogP contribution < -0.4 is 5.32 Å². The van der Waals surface area contributed by atoms with Crippen LogP contribution in [0.4, 0.5) is 5.82 Å². The van der Waals surface area contributed by atoms with Gasteiger partial charge in [-0.2, -0.15) is 0 Å². The SMILES string of the molecule is Clc1cnc(NC2CC=CCC2)c(Br)c1. The molecule has 1 aromatic rings. The van der Waals surface area contributed by atoms with Crippen molar-refractivity contribution in [2.45, 2.75) is 25.3 Å². The van der Waals surface area contributed by atoms with E-state index in [1.165, 1.54) is 0 Å². The number of nitrogens with one attached hydrogen (secondary N) is 1. The van der Waals surface area contributed by atoms with Gasteiger partial charge in [0.25, 0.3) is 0 Å². The number of rotatable bonds is 2. The highest BCUT2D eigenvalue weighted by Gasteiger charge is 2.11. The van der Waals surface area contributed by atoms with E-state index in [4.69, 9.17) is 11.6 Å². The van der Waals surface area contributed by atoms with Crippen molar-refractivity contribution in [2.24, 2.45) is 0 Å². The lowest BCUT2D eigenvalue weighted by molar-refractivity contribution is 0.642. The van der Waals surface area contributed by atoms with E-state index < -0.39 is 0 Å². The molecule has 80 valence electrons. The summed E-state index contributed by atoms with van der Waals surface area (Å²) in [4.78, 5) is 4.26. The van der Waals surface area contributed by atoms with Crippen LogP contribution in [-0.4, -0.2) is 11.0 Å². The maximum atomic E-state index is 5.83.